The van der Waals surface area contributed by atoms with Crippen LogP contribution in [-0.4, -0.2) is 23.1 Å². The molecule has 0 saturated heterocycles. The van der Waals surface area contributed by atoms with Crippen molar-refractivity contribution < 1.29 is 4.79 Å². The summed E-state index contributed by atoms with van der Waals surface area (Å²) in [6, 6.07) is 25.5. The van der Waals surface area contributed by atoms with E-state index in [1.165, 1.54) is 0 Å². The summed E-state index contributed by atoms with van der Waals surface area (Å²) in [6.45, 7) is 0.555. The number of carbonyl (C=O) groups excluding carboxylic acids is 1. The maximum atomic E-state index is 12.8. The van der Waals surface area contributed by atoms with Crippen molar-refractivity contribution in [2.75, 3.05) is 6.54 Å². The molecule has 2 heterocycles. The van der Waals surface area contributed by atoms with Gasteiger partial charge in [-0.15, -0.1) is 0 Å². The van der Waals surface area contributed by atoms with E-state index in [1.54, 1.807) is 24.2 Å². The number of rotatable bonds is 5. The van der Waals surface area contributed by atoms with Gasteiger partial charge in [0, 0.05) is 50.4 Å². The van der Waals surface area contributed by atoms with Gasteiger partial charge in [0.2, 0.25) is 0 Å². The molecular formula is C27H20ClN3OS. The van der Waals surface area contributed by atoms with Crippen molar-refractivity contribution in [3.63, 3.8) is 0 Å². The monoisotopic (exact) mass is 469 g/mol. The molecule has 0 bridgehead atoms. The number of aromatic nitrogens is 1. The van der Waals surface area contributed by atoms with Gasteiger partial charge in [0.1, 0.15) is 0 Å². The Bertz CT molecular complexity index is 1340. The molecule has 6 heteroatoms. The Morgan fingerprint density at radius 1 is 0.909 bits per heavy atom. The first kappa shape index (κ1) is 21.4. The maximum Gasteiger partial charge on any atom is 0.251 e. The van der Waals surface area contributed by atoms with Crippen molar-refractivity contribution in [1.82, 2.24) is 10.3 Å². The number of amides is 1. The third-order valence-electron chi connectivity index (χ3n) is 5.38. The second-order valence-corrected chi connectivity index (χ2v) is 9.13. The van der Waals surface area contributed by atoms with Crippen molar-refractivity contribution >= 4 is 40.7 Å². The largest absolute Gasteiger partial charge is 0.352 e. The number of nitrogens with zero attached hydrogens (tertiary/aromatic N) is 2. The number of pyridine rings is 1. The lowest BCUT2D eigenvalue weighted by molar-refractivity contribution is 0.0954. The van der Waals surface area contributed by atoms with Gasteiger partial charge in [-0.1, -0.05) is 53.7 Å². The van der Waals surface area contributed by atoms with E-state index >= 15 is 0 Å². The van der Waals surface area contributed by atoms with Crippen LogP contribution in [0.25, 0.3) is 0 Å². The van der Waals surface area contributed by atoms with Crippen LogP contribution in [0, 0.1) is 0 Å². The predicted octanol–water partition coefficient (Wildman–Crippen LogP) is 6.34. The van der Waals surface area contributed by atoms with Crippen molar-refractivity contribution in [2.24, 2.45) is 4.99 Å². The molecule has 0 atom stereocenters. The van der Waals surface area contributed by atoms with Crippen molar-refractivity contribution in [3.8, 4) is 0 Å². The first-order valence-corrected chi connectivity index (χ1v) is 11.8. The third-order valence-corrected chi connectivity index (χ3v) is 6.77. The highest BCUT2D eigenvalue weighted by molar-refractivity contribution is 7.99. The van der Waals surface area contributed by atoms with Gasteiger partial charge in [0.25, 0.3) is 5.91 Å². The second-order valence-electron chi connectivity index (χ2n) is 7.61. The summed E-state index contributed by atoms with van der Waals surface area (Å²) in [5.74, 6) is -0.109. The number of benzene rings is 3. The minimum absolute atomic E-state index is 0.109. The maximum absolute atomic E-state index is 12.8. The number of nitrogens with one attached hydrogen (secondary N) is 1. The highest BCUT2D eigenvalue weighted by Crippen LogP contribution is 2.41. The highest BCUT2D eigenvalue weighted by Gasteiger charge is 2.20. The number of hydrogen-bond acceptors (Lipinski definition) is 4. The van der Waals surface area contributed by atoms with Gasteiger partial charge in [-0.05, 0) is 60.5 Å². The zero-order chi connectivity index (χ0) is 22.6. The third kappa shape index (κ3) is 4.85. The SMILES string of the molecule is O=C(NCCc1ccncc1)c1ccc2c(c1)N=C(c1ccc(Cl)cc1)c1ccccc1S2. The average molecular weight is 470 g/mol. The van der Waals surface area contributed by atoms with Crippen LogP contribution in [-0.2, 0) is 6.42 Å². The molecule has 1 aliphatic heterocycles. The Kier molecular flexibility index (Phi) is 6.24. The smallest absolute Gasteiger partial charge is 0.251 e. The molecule has 0 fully saturated rings. The Labute approximate surface area is 201 Å². The summed E-state index contributed by atoms with van der Waals surface area (Å²) in [5.41, 5.74) is 5.41. The predicted molar refractivity (Wildman–Crippen MR) is 134 cm³/mol. The van der Waals surface area contributed by atoms with Gasteiger partial charge in [0.05, 0.1) is 11.4 Å². The Morgan fingerprint density at radius 2 is 1.70 bits per heavy atom. The topological polar surface area (TPSA) is 54.4 Å². The first-order valence-electron chi connectivity index (χ1n) is 10.6. The highest BCUT2D eigenvalue weighted by atomic mass is 35.5. The number of carbonyl (C=O) groups is 1. The van der Waals surface area contributed by atoms with E-state index in [1.807, 2.05) is 66.7 Å². The summed E-state index contributed by atoms with van der Waals surface area (Å²) in [6.07, 6.45) is 4.27. The average Bonchev–Trinajstić information content (AvgIpc) is 3.01. The van der Waals surface area contributed by atoms with Crippen molar-refractivity contribution in [2.45, 2.75) is 16.2 Å². The van der Waals surface area contributed by atoms with E-state index in [-0.39, 0.29) is 5.91 Å². The van der Waals surface area contributed by atoms with Crippen LogP contribution in [0.4, 0.5) is 5.69 Å². The first-order chi connectivity index (χ1) is 16.2. The molecule has 3 aromatic carbocycles. The zero-order valence-corrected chi connectivity index (χ0v) is 19.2. The second kappa shape index (κ2) is 9.61. The van der Waals surface area contributed by atoms with Crippen LogP contribution in [0.2, 0.25) is 5.02 Å². The standard InChI is InChI=1S/C27H20ClN3OS/c28-21-8-5-19(6-9-21)26-22-3-1-2-4-24(22)33-25-10-7-20(17-23(25)31-26)27(32)30-16-13-18-11-14-29-15-12-18/h1-12,14-15,17H,13,16H2,(H,30,32). The van der Waals surface area contributed by atoms with Gasteiger partial charge in [0.15, 0.2) is 0 Å². The molecule has 5 rings (SSSR count). The summed E-state index contributed by atoms with van der Waals surface area (Å²) in [7, 11) is 0. The molecule has 1 aliphatic rings. The quantitative estimate of drug-likeness (QED) is 0.326. The molecule has 1 aromatic heterocycles. The lowest BCUT2D eigenvalue weighted by Gasteiger charge is -2.09. The van der Waals surface area contributed by atoms with Crippen LogP contribution in [0.1, 0.15) is 27.0 Å². The number of halogens is 1. The summed E-state index contributed by atoms with van der Waals surface area (Å²) in [4.78, 5) is 24.0. The Hall–Kier alpha value is -3.41. The molecule has 162 valence electrons. The van der Waals surface area contributed by atoms with E-state index in [0.29, 0.717) is 17.1 Å². The molecule has 4 nitrogen and oxygen atoms in total. The minimum Gasteiger partial charge on any atom is -0.352 e. The molecule has 1 N–H and O–H groups in total. The van der Waals surface area contributed by atoms with E-state index in [9.17, 15) is 4.79 Å². The molecule has 0 radical (unpaired) electrons. The summed E-state index contributed by atoms with van der Waals surface area (Å²) < 4.78 is 0. The number of fused-ring (bicyclic) bond motifs is 2. The zero-order valence-electron chi connectivity index (χ0n) is 17.7. The summed E-state index contributed by atoms with van der Waals surface area (Å²) in [5, 5.41) is 3.69. The van der Waals surface area contributed by atoms with Crippen LogP contribution < -0.4 is 5.32 Å². The molecule has 0 unspecified atom stereocenters. The van der Waals surface area contributed by atoms with Gasteiger partial charge < -0.3 is 5.32 Å². The van der Waals surface area contributed by atoms with Crippen LogP contribution in [0.5, 0.6) is 0 Å². The molecule has 4 aromatic rings. The summed E-state index contributed by atoms with van der Waals surface area (Å²) >= 11 is 7.77. The lowest BCUT2D eigenvalue weighted by Crippen LogP contribution is -2.25. The van der Waals surface area contributed by atoms with Crippen LogP contribution >= 0.6 is 23.4 Å². The van der Waals surface area contributed by atoms with Gasteiger partial charge in [-0.2, -0.15) is 0 Å². The number of hydrogen-bond donors (Lipinski definition) is 1. The molecule has 0 saturated carbocycles. The molecule has 1 amide bonds. The van der Waals surface area contributed by atoms with E-state index in [2.05, 4.69) is 22.4 Å². The molecule has 33 heavy (non-hydrogen) atoms. The normalized spacial score (nSPS) is 12.2. The van der Waals surface area contributed by atoms with E-state index < -0.39 is 0 Å². The minimum atomic E-state index is -0.109. The number of aliphatic imine (C=N–C) groups is 1. The fourth-order valence-electron chi connectivity index (χ4n) is 3.68. The van der Waals surface area contributed by atoms with E-state index in [0.717, 1.165) is 44.3 Å². The van der Waals surface area contributed by atoms with Gasteiger partial charge in [-0.3, -0.25) is 9.78 Å². The van der Waals surface area contributed by atoms with E-state index in [4.69, 9.17) is 16.6 Å². The van der Waals surface area contributed by atoms with Crippen LogP contribution in [0.15, 0.2) is 106 Å². The fourth-order valence-corrected chi connectivity index (χ4v) is 4.81. The lowest BCUT2D eigenvalue weighted by atomic mass is 10.0. The molecular weight excluding hydrogens is 450 g/mol. The molecule has 0 aliphatic carbocycles. The van der Waals surface area contributed by atoms with Crippen LogP contribution in [0.3, 0.4) is 0 Å². The van der Waals surface area contributed by atoms with Gasteiger partial charge >= 0.3 is 0 Å². The van der Waals surface area contributed by atoms with Crippen molar-refractivity contribution in [3.05, 3.63) is 119 Å². The fraction of sp³-hybridized carbons (Fsp3) is 0.0741. The van der Waals surface area contributed by atoms with Gasteiger partial charge in [-0.25, -0.2) is 4.99 Å². The van der Waals surface area contributed by atoms with Crippen molar-refractivity contribution in [1.29, 1.82) is 0 Å². The molecule has 0 spiro atoms. The Balaban J connectivity index is 1.45. The Morgan fingerprint density at radius 3 is 2.52 bits per heavy atom.